The van der Waals surface area contributed by atoms with E-state index in [0.717, 1.165) is 49.6 Å². The number of nitrogens with zero attached hydrogens (tertiary/aromatic N) is 3. The summed E-state index contributed by atoms with van der Waals surface area (Å²) >= 11 is 0. The normalized spacial score (nSPS) is 19.1. The van der Waals surface area contributed by atoms with Gasteiger partial charge in [-0.15, -0.1) is 0 Å². The number of likely N-dealkylation sites (N-methyl/N-ethyl adjacent to an activating group) is 1. The molecule has 164 valence electrons. The highest BCUT2D eigenvalue weighted by Gasteiger charge is 2.28. The summed E-state index contributed by atoms with van der Waals surface area (Å²) in [7, 11) is 6.07. The van der Waals surface area contributed by atoms with Crippen molar-refractivity contribution in [3.05, 3.63) is 47.9 Å². The van der Waals surface area contributed by atoms with Crippen molar-refractivity contribution in [2.45, 2.75) is 25.8 Å². The predicted octanol–water partition coefficient (Wildman–Crippen LogP) is 2.15. The summed E-state index contributed by atoms with van der Waals surface area (Å²) in [6.07, 6.45) is 2.44. The van der Waals surface area contributed by atoms with E-state index in [1.807, 2.05) is 39.3 Å². The molecule has 1 fully saturated rings. The number of hydrogen-bond acceptors (Lipinski definition) is 6. The molecule has 7 heteroatoms. The zero-order chi connectivity index (χ0) is 21.3. The molecule has 1 amide bonds. The van der Waals surface area contributed by atoms with Gasteiger partial charge in [-0.2, -0.15) is 0 Å². The molecular weight excluding hydrogens is 378 g/mol. The van der Waals surface area contributed by atoms with Gasteiger partial charge in [0, 0.05) is 38.3 Å². The molecule has 3 rings (SSSR count). The molecule has 2 N–H and O–H groups in total. The van der Waals surface area contributed by atoms with Gasteiger partial charge in [0.25, 0.3) is 0 Å². The Kier molecular flexibility index (Phi) is 8.28. The molecule has 0 unspecified atom stereocenters. The van der Waals surface area contributed by atoms with Crippen molar-refractivity contribution in [3.8, 4) is 0 Å². The Bertz CT molecular complexity index is 777. The average molecular weight is 414 g/mol. The van der Waals surface area contributed by atoms with Gasteiger partial charge in [-0.25, -0.2) is 0 Å². The highest BCUT2D eigenvalue weighted by Crippen LogP contribution is 2.26. The van der Waals surface area contributed by atoms with Crippen molar-refractivity contribution in [2.24, 2.45) is 11.8 Å². The number of anilines is 1. The molecule has 2 heterocycles. The van der Waals surface area contributed by atoms with Gasteiger partial charge in [-0.05, 0) is 64.0 Å². The monoisotopic (exact) mass is 413 g/mol. The smallest absolute Gasteiger partial charge is 0.220 e. The quantitative estimate of drug-likeness (QED) is 0.622. The summed E-state index contributed by atoms with van der Waals surface area (Å²) in [4.78, 5) is 16.6. The van der Waals surface area contributed by atoms with Gasteiger partial charge in [-0.1, -0.05) is 23.4 Å². The molecule has 2 atom stereocenters. The Labute approximate surface area is 179 Å². The maximum atomic E-state index is 12.4. The number of hydrogen-bond donors (Lipinski definition) is 2. The molecule has 30 heavy (non-hydrogen) atoms. The lowest BCUT2D eigenvalue weighted by Gasteiger charge is -2.31. The minimum atomic E-state index is 0.152. The number of nitrogens with one attached hydrogen (secondary N) is 2. The average Bonchev–Trinajstić information content (AvgIpc) is 3.16. The van der Waals surface area contributed by atoms with Crippen LogP contribution in [0.1, 0.15) is 24.3 Å². The zero-order valence-corrected chi connectivity index (χ0v) is 18.4. The number of benzene rings is 1. The van der Waals surface area contributed by atoms with Crippen LogP contribution in [-0.2, 0) is 17.8 Å². The van der Waals surface area contributed by atoms with E-state index >= 15 is 0 Å². The van der Waals surface area contributed by atoms with Crippen molar-refractivity contribution in [1.29, 1.82) is 0 Å². The highest BCUT2D eigenvalue weighted by atomic mass is 16.5. The standard InChI is InChI=1S/C23H35N5O2/c1-27(2)12-11-25-23(29)14-18-9-10-24-16-19(18)13-20-15-22(30-26-20)17-28(3)21-7-5-4-6-8-21/h4-8,15,18-19,24H,9-14,16-17H2,1-3H3,(H,25,29)/t18-,19+/m1/s1. The van der Waals surface area contributed by atoms with Crippen LogP contribution in [0.3, 0.4) is 0 Å². The van der Waals surface area contributed by atoms with Gasteiger partial charge in [0.05, 0.1) is 12.2 Å². The molecule has 1 aliphatic heterocycles. The molecule has 2 aromatic rings. The van der Waals surface area contributed by atoms with Gasteiger partial charge >= 0.3 is 0 Å². The molecule has 0 aliphatic carbocycles. The topological polar surface area (TPSA) is 73.6 Å². The van der Waals surface area contributed by atoms with Gasteiger partial charge in [0.2, 0.25) is 5.91 Å². The molecule has 1 aliphatic rings. The summed E-state index contributed by atoms with van der Waals surface area (Å²) in [6.45, 7) is 4.13. The first-order valence-electron chi connectivity index (χ1n) is 10.8. The summed E-state index contributed by atoms with van der Waals surface area (Å²) < 4.78 is 5.59. The minimum absolute atomic E-state index is 0.152. The summed E-state index contributed by atoms with van der Waals surface area (Å²) in [6, 6.07) is 12.3. The Morgan fingerprint density at radius 2 is 2.03 bits per heavy atom. The van der Waals surface area contributed by atoms with Crippen LogP contribution in [0.2, 0.25) is 0 Å². The van der Waals surface area contributed by atoms with Crippen molar-refractivity contribution in [1.82, 2.24) is 20.7 Å². The Morgan fingerprint density at radius 1 is 1.23 bits per heavy atom. The fourth-order valence-electron chi connectivity index (χ4n) is 4.02. The van der Waals surface area contributed by atoms with Crippen molar-refractivity contribution >= 4 is 11.6 Å². The number of aromatic nitrogens is 1. The van der Waals surface area contributed by atoms with Crippen molar-refractivity contribution in [2.75, 3.05) is 52.2 Å². The van der Waals surface area contributed by atoms with E-state index in [-0.39, 0.29) is 5.91 Å². The second-order valence-electron chi connectivity index (χ2n) is 8.55. The SMILES string of the molecule is CN(C)CCNC(=O)C[C@H]1CCNC[C@@H]1Cc1cc(CN(C)c2ccccc2)on1. The van der Waals surface area contributed by atoms with Crippen molar-refractivity contribution < 1.29 is 9.32 Å². The molecule has 0 saturated carbocycles. The molecule has 1 saturated heterocycles. The Morgan fingerprint density at radius 3 is 2.80 bits per heavy atom. The number of piperidine rings is 1. The van der Waals surface area contributed by atoms with E-state index in [1.165, 1.54) is 0 Å². The Hall–Kier alpha value is -2.38. The first kappa shape index (κ1) is 22.3. The summed E-state index contributed by atoms with van der Waals surface area (Å²) in [5.74, 6) is 1.78. The number of para-hydroxylation sites is 1. The molecule has 0 radical (unpaired) electrons. The molecule has 0 bridgehead atoms. The van der Waals surface area contributed by atoms with Gasteiger partial charge in [-0.3, -0.25) is 4.79 Å². The first-order chi connectivity index (χ1) is 14.5. The lowest BCUT2D eigenvalue weighted by atomic mass is 9.81. The minimum Gasteiger partial charge on any atom is -0.367 e. The van der Waals surface area contributed by atoms with E-state index in [4.69, 9.17) is 4.52 Å². The fraction of sp³-hybridized carbons (Fsp3) is 0.565. The van der Waals surface area contributed by atoms with Crippen LogP contribution in [0.4, 0.5) is 5.69 Å². The van der Waals surface area contributed by atoms with E-state index < -0.39 is 0 Å². The number of rotatable bonds is 10. The highest BCUT2D eigenvalue weighted by molar-refractivity contribution is 5.76. The number of carbonyl (C=O) groups excluding carboxylic acids is 1. The third kappa shape index (κ3) is 6.85. The van der Waals surface area contributed by atoms with Crippen LogP contribution in [-0.4, -0.2) is 63.3 Å². The lowest BCUT2D eigenvalue weighted by Crippen LogP contribution is -2.41. The van der Waals surface area contributed by atoms with Crippen LogP contribution in [0.5, 0.6) is 0 Å². The second kappa shape index (κ2) is 11.1. The van der Waals surface area contributed by atoms with Gasteiger partial charge in [0.15, 0.2) is 5.76 Å². The largest absolute Gasteiger partial charge is 0.367 e. The number of amides is 1. The summed E-state index contributed by atoms with van der Waals surface area (Å²) in [5.41, 5.74) is 2.12. The molecule has 1 aromatic heterocycles. The van der Waals surface area contributed by atoms with Crippen LogP contribution >= 0.6 is 0 Å². The van der Waals surface area contributed by atoms with Crippen molar-refractivity contribution in [3.63, 3.8) is 0 Å². The fourth-order valence-corrected chi connectivity index (χ4v) is 4.02. The van der Waals surface area contributed by atoms with Crippen LogP contribution in [0.25, 0.3) is 0 Å². The summed E-state index contributed by atoms with van der Waals surface area (Å²) in [5, 5.41) is 10.8. The molecular formula is C23H35N5O2. The van der Waals surface area contributed by atoms with Gasteiger partial charge < -0.3 is 25.0 Å². The van der Waals surface area contributed by atoms with Crippen LogP contribution in [0, 0.1) is 11.8 Å². The van der Waals surface area contributed by atoms with E-state index in [9.17, 15) is 4.79 Å². The first-order valence-corrected chi connectivity index (χ1v) is 10.8. The second-order valence-corrected chi connectivity index (χ2v) is 8.55. The number of carbonyl (C=O) groups is 1. The predicted molar refractivity (Wildman–Crippen MR) is 119 cm³/mol. The lowest BCUT2D eigenvalue weighted by molar-refractivity contribution is -0.122. The molecule has 0 spiro atoms. The maximum absolute atomic E-state index is 12.4. The van der Waals surface area contributed by atoms with E-state index in [0.29, 0.717) is 31.3 Å². The third-order valence-corrected chi connectivity index (χ3v) is 5.76. The van der Waals surface area contributed by atoms with Crippen LogP contribution < -0.4 is 15.5 Å². The van der Waals surface area contributed by atoms with Gasteiger partial charge in [0.1, 0.15) is 0 Å². The maximum Gasteiger partial charge on any atom is 0.220 e. The van der Waals surface area contributed by atoms with E-state index in [1.54, 1.807) is 0 Å². The molecule has 7 nitrogen and oxygen atoms in total. The third-order valence-electron chi connectivity index (χ3n) is 5.76. The molecule has 1 aromatic carbocycles. The Balaban J connectivity index is 1.52. The zero-order valence-electron chi connectivity index (χ0n) is 18.4. The van der Waals surface area contributed by atoms with Crippen LogP contribution in [0.15, 0.2) is 40.9 Å². The van der Waals surface area contributed by atoms with E-state index in [2.05, 4.69) is 43.8 Å².